The van der Waals surface area contributed by atoms with E-state index in [0.29, 0.717) is 6.07 Å². The summed E-state index contributed by atoms with van der Waals surface area (Å²) < 4.78 is 36.3. The minimum absolute atomic E-state index is 0.406. The van der Waals surface area contributed by atoms with E-state index in [-0.39, 0.29) is 0 Å². The molecule has 0 aliphatic rings. The van der Waals surface area contributed by atoms with Crippen LogP contribution >= 0.6 is 11.6 Å². The zero-order valence-electron chi connectivity index (χ0n) is 5.97. The molecule has 0 fully saturated rings. The van der Waals surface area contributed by atoms with Gasteiger partial charge in [-0.15, -0.1) is 4.91 Å². The Morgan fingerprint density at radius 3 is 2.54 bits per heavy atom. The van der Waals surface area contributed by atoms with E-state index in [1.807, 2.05) is 0 Å². The summed E-state index contributed by atoms with van der Waals surface area (Å²) in [7, 11) is 0. The third kappa shape index (κ3) is 2.15. The molecule has 0 bridgehead atoms. The van der Waals surface area contributed by atoms with E-state index in [4.69, 9.17) is 11.6 Å². The number of hydrogen-bond acceptors (Lipinski definition) is 3. The third-order valence-corrected chi connectivity index (χ3v) is 1.54. The second-order valence-electron chi connectivity index (χ2n) is 2.12. The van der Waals surface area contributed by atoms with Gasteiger partial charge in [0.2, 0.25) is 0 Å². The van der Waals surface area contributed by atoms with Crippen LogP contribution in [0.3, 0.4) is 0 Å². The molecule has 0 N–H and O–H groups in total. The van der Waals surface area contributed by atoms with Crippen LogP contribution in [-0.2, 0) is 6.18 Å². The van der Waals surface area contributed by atoms with Crippen molar-refractivity contribution in [3.63, 3.8) is 0 Å². The molecule has 70 valence electrons. The molecule has 0 aromatic carbocycles. The quantitative estimate of drug-likeness (QED) is 0.528. The maximum atomic E-state index is 12.1. The summed E-state index contributed by atoms with van der Waals surface area (Å²) in [5, 5.41) is 1.62. The van der Waals surface area contributed by atoms with Gasteiger partial charge in [0.1, 0.15) is 10.8 Å². The standard InChI is InChI=1S/C6H2ClF3N2O/c7-5-4(6(8,9)10)1-3(12-13)2-11-5/h1-2H. The van der Waals surface area contributed by atoms with Crippen LogP contribution in [0.4, 0.5) is 18.9 Å². The highest BCUT2D eigenvalue weighted by Gasteiger charge is 2.34. The van der Waals surface area contributed by atoms with E-state index < -0.39 is 22.6 Å². The molecular formula is C6H2ClF3N2O. The Balaban J connectivity index is 3.27. The van der Waals surface area contributed by atoms with Gasteiger partial charge in [0.05, 0.1) is 11.8 Å². The average molecular weight is 211 g/mol. The zero-order chi connectivity index (χ0) is 10.1. The fourth-order valence-electron chi connectivity index (χ4n) is 0.686. The maximum Gasteiger partial charge on any atom is 0.419 e. The van der Waals surface area contributed by atoms with Gasteiger partial charge in [-0.1, -0.05) is 11.6 Å². The van der Waals surface area contributed by atoms with Crippen molar-refractivity contribution >= 4 is 17.3 Å². The van der Waals surface area contributed by atoms with E-state index >= 15 is 0 Å². The van der Waals surface area contributed by atoms with Gasteiger partial charge in [0, 0.05) is 0 Å². The van der Waals surface area contributed by atoms with Crippen molar-refractivity contribution in [3.8, 4) is 0 Å². The van der Waals surface area contributed by atoms with E-state index in [0.717, 1.165) is 6.20 Å². The van der Waals surface area contributed by atoms with Crippen LogP contribution in [0, 0.1) is 4.91 Å². The summed E-state index contributed by atoms with van der Waals surface area (Å²) in [6.45, 7) is 0. The zero-order valence-corrected chi connectivity index (χ0v) is 6.73. The SMILES string of the molecule is O=Nc1cnc(Cl)c(C(F)(F)F)c1. The first-order valence-electron chi connectivity index (χ1n) is 3.01. The molecule has 0 amide bonds. The molecular weight excluding hydrogens is 209 g/mol. The molecule has 0 spiro atoms. The average Bonchev–Trinajstić information content (AvgIpc) is 2.03. The molecule has 7 heteroatoms. The van der Waals surface area contributed by atoms with Crippen LogP contribution < -0.4 is 0 Å². The number of nitroso groups, excluding NO2 is 1. The molecule has 1 aromatic heterocycles. The fourth-order valence-corrected chi connectivity index (χ4v) is 0.896. The molecule has 0 unspecified atom stereocenters. The van der Waals surface area contributed by atoms with Crippen LogP contribution in [0.1, 0.15) is 5.56 Å². The van der Waals surface area contributed by atoms with Gasteiger partial charge in [-0.25, -0.2) is 4.98 Å². The lowest BCUT2D eigenvalue weighted by Gasteiger charge is -2.07. The minimum atomic E-state index is -4.62. The first-order valence-corrected chi connectivity index (χ1v) is 3.39. The van der Waals surface area contributed by atoms with Crippen LogP contribution in [-0.4, -0.2) is 4.98 Å². The number of hydrogen-bond donors (Lipinski definition) is 0. The molecule has 1 heterocycles. The van der Waals surface area contributed by atoms with Gasteiger partial charge >= 0.3 is 6.18 Å². The Kier molecular flexibility index (Phi) is 2.51. The molecule has 3 nitrogen and oxygen atoms in total. The summed E-state index contributed by atoms with van der Waals surface area (Å²) in [6, 6.07) is 0.544. The molecule has 0 aliphatic carbocycles. The Hall–Kier alpha value is -1.17. The van der Waals surface area contributed by atoms with Crippen LogP contribution in [0.25, 0.3) is 0 Å². The summed E-state index contributed by atoms with van der Waals surface area (Å²) in [4.78, 5) is 13.1. The van der Waals surface area contributed by atoms with Crippen LogP contribution in [0.5, 0.6) is 0 Å². The first-order chi connectivity index (χ1) is 5.95. The van der Waals surface area contributed by atoms with Crippen molar-refractivity contribution in [2.45, 2.75) is 6.18 Å². The molecule has 0 atom stereocenters. The highest BCUT2D eigenvalue weighted by atomic mass is 35.5. The molecule has 13 heavy (non-hydrogen) atoms. The molecule has 0 saturated carbocycles. The van der Waals surface area contributed by atoms with E-state index in [1.54, 1.807) is 0 Å². The van der Waals surface area contributed by atoms with E-state index in [1.165, 1.54) is 0 Å². The predicted molar refractivity (Wildman–Crippen MR) is 39.7 cm³/mol. The summed E-state index contributed by atoms with van der Waals surface area (Å²) >= 11 is 5.16. The third-order valence-electron chi connectivity index (χ3n) is 1.24. The Morgan fingerprint density at radius 1 is 1.46 bits per heavy atom. The van der Waals surface area contributed by atoms with E-state index in [2.05, 4.69) is 10.2 Å². The number of halogens is 4. The minimum Gasteiger partial charge on any atom is -0.242 e. The van der Waals surface area contributed by atoms with Gasteiger partial charge in [-0.3, -0.25) is 0 Å². The van der Waals surface area contributed by atoms with E-state index in [9.17, 15) is 18.1 Å². The van der Waals surface area contributed by atoms with Crippen molar-refractivity contribution in [1.29, 1.82) is 0 Å². The number of alkyl halides is 3. The lowest BCUT2D eigenvalue weighted by Crippen LogP contribution is -2.06. The summed E-state index contributed by atoms with van der Waals surface area (Å²) in [5.41, 5.74) is -1.57. The second kappa shape index (κ2) is 3.29. The normalized spacial score (nSPS) is 11.4. The van der Waals surface area contributed by atoms with Crippen molar-refractivity contribution in [2.75, 3.05) is 0 Å². The highest BCUT2D eigenvalue weighted by Crippen LogP contribution is 2.35. The molecule has 1 rings (SSSR count). The van der Waals surface area contributed by atoms with Crippen LogP contribution in [0.2, 0.25) is 5.15 Å². The topological polar surface area (TPSA) is 42.3 Å². The van der Waals surface area contributed by atoms with Gasteiger partial charge < -0.3 is 0 Å². The molecule has 1 aromatic rings. The van der Waals surface area contributed by atoms with Gasteiger partial charge in [-0.2, -0.15) is 13.2 Å². The Morgan fingerprint density at radius 2 is 2.08 bits per heavy atom. The van der Waals surface area contributed by atoms with Gasteiger partial charge in [-0.05, 0) is 11.2 Å². The van der Waals surface area contributed by atoms with Crippen molar-refractivity contribution in [1.82, 2.24) is 4.98 Å². The van der Waals surface area contributed by atoms with Crippen molar-refractivity contribution in [2.24, 2.45) is 5.18 Å². The number of nitrogens with zero attached hydrogens (tertiary/aromatic N) is 2. The Labute approximate surface area is 75.5 Å². The number of pyridine rings is 1. The summed E-state index contributed by atoms with van der Waals surface area (Å²) in [6.07, 6.45) is -3.75. The molecule has 0 saturated heterocycles. The number of aromatic nitrogens is 1. The predicted octanol–water partition coefficient (Wildman–Crippen LogP) is 3.15. The maximum absolute atomic E-state index is 12.1. The highest BCUT2D eigenvalue weighted by molar-refractivity contribution is 6.30. The molecule has 0 radical (unpaired) electrons. The molecule has 0 aliphatic heterocycles. The van der Waals surface area contributed by atoms with Gasteiger partial charge in [0.15, 0.2) is 0 Å². The largest absolute Gasteiger partial charge is 0.419 e. The smallest absolute Gasteiger partial charge is 0.242 e. The van der Waals surface area contributed by atoms with Crippen molar-refractivity contribution in [3.05, 3.63) is 27.9 Å². The first kappa shape index (κ1) is 9.91. The lowest BCUT2D eigenvalue weighted by molar-refractivity contribution is -0.137. The fraction of sp³-hybridized carbons (Fsp3) is 0.167. The number of rotatable bonds is 1. The summed E-state index contributed by atoms with van der Waals surface area (Å²) in [5.74, 6) is 0. The van der Waals surface area contributed by atoms with Crippen LogP contribution in [0.15, 0.2) is 17.4 Å². The monoisotopic (exact) mass is 210 g/mol. The second-order valence-corrected chi connectivity index (χ2v) is 2.48. The van der Waals surface area contributed by atoms with Gasteiger partial charge in [0.25, 0.3) is 0 Å². The Bertz CT molecular complexity index is 339. The lowest BCUT2D eigenvalue weighted by atomic mass is 10.2. The van der Waals surface area contributed by atoms with Crippen molar-refractivity contribution < 1.29 is 13.2 Å².